The smallest absolute Gasteiger partial charge is 0.324 e. The lowest BCUT2D eigenvalue weighted by Crippen LogP contribution is -2.29. The van der Waals surface area contributed by atoms with Crippen LogP contribution in [0.15, 0.2) is 11.9 Å². The molecule has 0 aliphatic heterocycles. The Morgan fingerprint density at radius 3 is 1.52 bits per heavy atom. The van der Waals surface area contributed by atoms with Crippen LogP contribution in [-0.4, -0.2) is 50.2 Å². The Morgan fingerprint density at radius 1 is 0.783 bits per heavy atom. The molecule has 8 N–H and O–H groups in total. The highest BCUT2D eigenvalue weighted by atomic mass is 31.2. The van der Waals surface area contributed by atoms with Crippen molar-refractivity contribution < 1.29 is 57.4 Å². The minimum absolute atomic E-state index is 0.232. The van der Waals surface area contributed by atoms with Gasteiger partial charge in [0.1, 0.15) is 0 Å². The van der Waals surface area contributed by atoms with Crippen LogP contribution in [0.4, 0.5) is 0 Å². The predicted octanol–water partition coefficient (Wildman–Crippen LogP) is 0.0775. The van der Waals surface area contributed by atoms with Gasteiger partial charge in [-0.3, -0.25) is 18.3 Å². The Balaban J connectivity index is 5.70. The SMILES string of the molecule is O=P(O)(O)/C=C/CC(CCCP(=O)(O)O)(P(=O)(O)O)P(=O)(O)O. The second-order valence-corrected chi connectivity index (χ2v) is 12.2. The van der Waals surface area contributed by atoms with Crippen LogP contribution >= 0.6 is 30.4 Å². The molecule has 0 aromatic heterocycles. The van der Waals surface area contributed by atoms with Gasteiger partial charge in [-0.15, -0.1) is 0 Å². The summed E-state index contributed by atoms with van der Waals surface area (Å²) in [5.74, 6) is 0.232. The Hall–Kier alpha value is 0.340. The summed E-state index contributed by atoms with van der Waals surface area (Å²) in [5, 5.41) is 0. The fourth-order valence-corrected chi connectivity index (χ4v) is 5.64. The molecule has 0 aliphatic rings. The van der Waals surface area contributed by atoms with Crippen molar-refractivity contribution in [2.45, 2.75) is 24.2 Å². The molecule has 0 rings (SSSR count). The van der Waals surface area contributed by atoms with Crippen molar-refractivity contribution in [2.24, 2.45) is 0 Å². The van der Waals surface area contributed by atoms with E-state index in [1.165, 1.54) is 0 Å². The summed E-state index contributed by atoms with van der Waals surface area (Å²) in [6, 6.07) is 0. The van der Waals surface area contributed by atoms with Gasteiger partial charge in [0.25, 0.3) is 0 Å². The molecule has 0 saturated carbocycles. The lowest BCUT2D eigenvalue weighted by molar-refractivity contribution is 0.298. The van der Waals surface area contributed by atoms with Gasteiger partial charge < -0.3 is 39.1 Å². The minimum Gasteiger partial charge on any atom is -0.324 e. The first kappa shape index (κ1) is 23.3. The summed E-state index contributed by atoms with van der Waals surface area (Å²) < 4.78 is 44.6. The van der Waals surface area contributed by atoms with E-state index in [0.717, 1.165) is 0 Å². The van der Waals surface area contributed by atoms with Crippen LogP contribution in [0.2, 0.25) is 0 Å². The zero-order chi connectivity index (χ0) is 18.7. The van der Waals surface area contributed by atoms with Crippen LogP contribution < -0.4 is 0 Å². The highest BCUT2D eigenvalue weighted by molar-refractivity contribution is 7.72. The van der Waals surface area contributed by atoms with Gasteiger partial charge in [-0.2, -0.15) is 0 Å². The molecule has 138 valence electrons. The number of allylic oxidation sites excluding steroid dienone is 1. The summed E-state index contributed by atoms with van der Waals surface area (Å²) in [5.41, 5.74) is 0. The van der Waals surface area contributed by atoms with Crippen molar-refractivity contribution in [1.82, 2.24) is 0 Å². The van der Waals surface area contributed by atoms with Gasteiger partial charge in [0, 0.05) is 12.0 Å². The molecule has 12 nitrogen and oxygen atoms in total. The van der Waals surface area contributed by atoms with E-state index in [-0.39, 0.29) is 5.82 Å². The Labute approximate surface area is 130 Å². The van der Waals surface area contributed by atoms with Crippen LogP contribution in [0.1, 0.15) is 19.3 Å². The van der Waals surface area contributed by atoms with Gasteiger partial charge >= 0.3 is 30.4 Å². The second kappa shape index (κ2) is 7.70. The fraction of sp³-hybridized carbons (Fsp3) is 0.714. The van der Waals surface area contributed by atoms with Crippen molar-refractivity contribution in [2.75, 3.05) is 6.16 Å². The third kappa shape index (κ3) is 7.84. The highest BCUT2D eigenvalue weighted by Crippen LogP contribution is 2.72. The Bertz CT molecular complexity index is 593. The average molecular weight is 418 g/mol. The molecular weight excluding hydrogens is 400 g/mol. The molecule has 0 unspecified atom stereocenters. The van der Waals surface area contributed by atoms with Gasteiger partial charge in [-0.25, -0.2) is 0 Å². The maximum Gasteiger partial charge on any atom is 0.348 e. The molecular formula is C7H18O12P4. The van der Waals surface area contributed by atoms with Crippen LogP contribution in [-0.2, 0) is 18.3 Å². The van der Waals surface area contributed by atoms with E-state index in [4.69, 9.17) is 19.6 Å². The normalized spacial score (nSPS) is 15.3. The van der Waals surface area contributed by atoms with Crippen LogP contribution in [0, 0.1) is 0 Å². The van der Waals surface area contributed by atoms with E-state index >= 15 is 0 Å². The molecule has 0 aromatic rings. The molecule has 0 saturated heterocycles. The molecule has 0 amide bonds. The Morgan fingerprint density at radius 2 is 1.22 bits per heavy atom. The molecule has 0 aromatic carbocycles. The van der Waals surface area contributed by atoms with E-state index in [1.807, 2.05) is 0 Å². The number of rotatable bonds is 9. The fourth-order valence-electron chi connectivity index (χ4n) is 1.75. The number of hydrogen-bond donors (Lipinski definition) is 8. The average Bonchev–Trinajstić information content (AvgIpc) is 2.19. The largest absolute Gasteiger partial charge is 0.348 e. The van der Waals surface area contributed by atoms with Gasteiger partial charge in [0.2, 0.25) is 0 Å². The van der Waals surface area contributed by atoms with Crippen LogP contribution in [0.25, 0.3) is 0 Å². The summed E-state index contributed by atoms with van der Waals surface area (Å²) in [7, 11) is -20.3. The van der Waals surface area contributed by atoms with E-state index in [9.17, 15) is 37.8 Å². The molecule has 0 atom stereocenters. The van der Waals surface area contributed by atoms with E-state index in [0.29, 0.717) is 6.08 Å². The number of hydrogen-bond acceptors (Lipinski definition) is 4. The van der Waals surface area contributed by atoms with Crippen molar-refractivity contribution in [3.8, 4) is 0 Å². The van der Waals surface area contributed by atoms with Gasteiger partial charge in [0.05, 0.1) is 0 Å². The first-order valence-corrected chi connectivity index (χ1v) is 12.5. The van der Waals surface area contributed by atoms with Crippen LogP contribution in [0.5, 0.6) is 0 Å². The second-order valence-electron chi connectivity index (χ2n) is 4.74. The third-order valence-corrected chi connectivity index (χ3v) is 8.90. The van der Waals surface area contributed by atoms with E-state index in [2.05, 4.69) is 0 Å². The van der Waals surface area contributed by atoms with Crippen LogP contribution in [0.3, 0.4) is 0 Å². The highest BCUT2D eigenvalue weighted by Gasteiger charge is 2.58. The molecule has 0 radical (unpaired) electrons. The maximum absolute atomic E-state index is 11.6. The lowest BCUT2D eigenvalue weighted by atomic mass is 10.2. The van der Waals surface area contributed by atoms with Crippen molar-refractivity contribution in [1.29, 1.82) is 0 Å². The topological polar surface area (TPSA) is 230 Å². The minimum atomic E-state index is -5.51. The summed E-state index contributed by atoms with van der Waals surface area (Å²) in [6.45, 7) is 0. The third-order valence-electron chi connectivity index (χ3n) is 2.86. The van der Waals surface area contributed by atoms with Crippen molar-refractivity contribution in [3.63, 3.8) is 0 Å². The van der Waals surface area contributed by atoms with Gasteiger partial charge in [-0.05, 0) is 19.3 Å². The molecule has 0 aliphatic carbocycles. The monoisotopic (exact) mass is 418 g/mol. The summed E-state index contributed by atoms with van der Waals surface area (Å²) in [4.78, 5) is 68.9. The lowest BCUT2D eigenvalue weighted by Gasteiger charge is -2.33. The molecule has 16 heteroatoms. The Kier molecular flexibility index (Phi) is 7.82. The summed E-state index contributed by atoms with van der Waals surface area (Å²) in [6.07, 6.45) is -3.01. The summed E-state index contributed by atoms with van der Waals surface area (Å²) >= 11 is 0. The predicted molar refractivity (Wildman–Crippen MR) is 78.8 cm³/mol. The maximum atomic E-state index is 11.6. The zero-order valence-electron chi connectivity index (χ0n) is 11.5. The first-order valence-electron chi connectivity index (χ1n) is 5.80. The molecule has 0 spiro atoms. The van der Waals surface area contributed by atoms with Crippen molar-refractivity contribution in [3.05, 3.63) is 11.9 Å². The molecule has 0 bridgehead atoms. The van der Waals surface area contributed by atoms with E-state index < -0.39 is 60.7 Å². The standard InChI is InChI=1S/C7H18O12P4/c8-20(9,10)5-1-3-7(22(14,15)16,23(17,18)19)4-2-6-21(11,12)13/h1,5H,2-4,6H2,(H2,8,9,10)(H2,11,12,13)(H2,14,15,16)(H2,17,18,19)/b5-1+. The zero-order valence-corrected chi connectivity index (χ0v) is 15.1. The molecule has 23 heavy (non-hydrogen) atoms. The quantitative estimate of drug-likeness (QED) is 0.233. The molecule has 0 heterocycles. The van der Waals surface area contributed by atoms with Gasteiger partial charge in [-0.1, -0.05) is 6.08 Å². The van der Waals surface area contributed by atoms with E-state index in [1.54, 1.807) is 0 Å². The van der Waals surface area contributed by atoms with Gasteiger partial charge in [0.15, 0.2) is 4.90 Å². The molecule has 0 fully saturated rings. The first-order chi connectivity index (χ1) is 9.91. The van der Waals surface area contributed by atoms with Crippen molar-refractivity contribution >= 4 is 30.4 Å².